The molecule has 28 heavy (non-hydrogen) atoms. The predicted molar refractivity (Wildman–Crippen MR) is 105 cm³/mol. The number of benzene rings is 2. The van der Waals surface area contributed by atoms with Gasteiger partial charge in [0.2, 0.25) is 5.89 Å². The fourth-order valence-electron chi connectivity index (χ4n) is 3.76. The Morgan fingerprint density at radius 3 is 2.89 bits per heavy atom. The third kappa shape index (κ3) is 2.99. The third-order valence-electron chi connectivity index (χ3n) is 5.20. The van der Waals surface area contributed by atoms with Gasteiger partial charge in [-0.25, -0.2) is 14.4 Å². The number of halogens is 2. The number of oxazole rings is 1. The molecule has 5 nitrogen and oxygen atoms in total. The van der Waals surface area contributed by atoms with Crippen LogP contribution in [0.25, 0.3) is 22.5 Å². The standard InChI is InChI=1S/C21H18ClFN4O/c1-26-18-11-27(12-20-24-17-7-6-13(23)10-19(17)28-20)9-8-16(18)25-21(26)14-4-2-3-5-15(14)22/h2-7,10H,8-9,11-12H2,1H3. The summed E-state index contributed by atoms with van der Waals surface area (Å²) in [4.78, 5) is 11.6. The Kier molecular flexibility index (Phi) is 4.18. The Hall–Kier alpha value is -2.70. The van der Waals surface area contributed by atoms with Crippen LogP contribution in [0.4, 0.5) is 4.39 Å². The van der Waals surface area contributed by atoms with E-state index in [-0.39, 0.29) is 5.82 Å². The summed E-state index contributed by atoms with van der Waals surface area (Å²) >= 11 is 6.37. The van der Waals surface area contributed by atoms with E-state index in [4.69, 9.17) is 21.0 Å². The van der Waals surface area contributed by atoms with E-state index >= 15 is 0 Å². The molecule has 142 valence electrons. The van der Waals surface area contributed by atoms with Crippen molar-refractivity contribution in [2.45, 2.75) is 19.5 Å². The number of nitrogens with zero attached hydrogens (tertiary/aromatic N) is 4. The summed E-state index contributed by atoms with van der Waals surface area (Å²) in [5, 5.41) is 0.698. The van der Waals surface area contributed by atoms with Crippen molar-refractivity contribution in [1.29, 1.82) is 0 Å². The van der Waals surface area contributed by atoms with Gasteiger partial charge < -0.3 is 8.98 Å². The van der Waals surface area contributed by atoms with Gasteiger partial charge in [0.05, 0.1) is 23.0 Å². The summed E-state index contributed by atoms with van der Waals surface area (Å²) in [6.45, 7) is 2.18. The molecule has 4 aromatic rings. The molecule has 0 radical (unpaired) electrons. The van der Waals surface area contributed by atoms with Crippen LogP contribution in [0.3, 0.4) is 0 Å². The minimum atomic E-state index is -0.320. The lowest BCUT2D eigenvalue weighted by Crippen LogP contribution is -2.31. The first-order chi connectivity index (χ1) is 13.6. The molecule has 0 bridgehead atoms. The van der Waals surface area contributed by atoms with Crippen LogP contribution < -0.4 is 0 Å². The van der Waals surface area contributed by atoms with Gasteiger partial charge in [-0.2, -0.15) is 0 Å². The average Bonchev–Trinajstić information content (AvgIpc) is 3.22. The van der Waals surface area contributed by atoms with Crippen molar-refractivity contribution in [2.24, 2.45) is 7.05 Å². The van der Waals surface area contributed by atoms with Crippen LogP contribution in [-0.2, 0) is 26.6 Å². The molecule has 0 amide bonds. The van der Waals surface area contributed by atoms with Gasteiger partial charge in [0.15, 0.2) is 5.58 Å². The molecule has 2 aromatic carbocycles. The maximum Gasteiger partial charge on any atom is 0.209 e. The smallest absolute Gasteiger partial charge is 0.209 e. The zero-order chi connectivity index (χ0) is 19.3. The quantitative estimate of drug-likeness (QED) is 0.508. The molecule has 3 heterocycles. The lowest BCUT2D eigenvalue weighted by molar-refractivity contribution is 0.217. The molecule has 2 aromatic heterocycles. The van der Waals surface area contributed by atoms with E-state index in [1.807, 2.05) is 31.3 Å². The van der Waals surface area contributed by atoms with Crippen LogP contribution in [0.15, 0.2) is 46.9 Å². The Labute approximate surface area is 166 Å². The summed E-state index contributed by atoms with van der Waals surface area (Å²) < 4.78 is 21.2. The van der Waals surface area contributed by atoms with Gasteiger partial charge in [0, 0.05) is 38.2 Å². The molecule has 0 saturated heterocycles. The molecule has 1 aliphatic rings. The number of imidazole rings is 1. The van der Waals surface area contributed by atoms with Crippen LogP contribution in [0, 0.1) is 5.82 Å². The number of hydrogen-bond donors (Lipinski definition) is 0. The zero-order valence-corrected chi connectivity index (χ0v) is 16.1. The monoisotopic (exact) mass is 396 g/mol. The molecule has 7 heteroatoms. The third-order valence-corrected chi connectivity index (χ3v) is 5.53. The van der Waals surface area contributed by atoms with Crippen molar-refractivity contribution in [3.63, 3.8) is 0 Å². The summed E-state index contributed by atoms with van der Waals surface area (Å²) in [5.41, 5.74) is 4.37. The van der Waals surface area contributed by atoms with E-state index in [0.29, 0.717) is 28.6 Å². The van der Waals surface area contributed by atoms with E-state index in [9.17, 15) is 4.39 Å². The predicted octanol–water partition coefficient (Wildman–Crippen LogP) is 4.58. The van der Waals surface area contributed by atoms with Crippen LogP contribution in [0.5, 0.6) is 0 Å². The summed E-state index contributed by atoms with van der Waals surface area (Å²) in [7, 11) is 2.02. The van der Waals surface area contributed by atoms with Crippen LogP contribution >= 0.6 is 11.6 Å². The van der Waals surface area contributed by atoms with E-state index in [2.05, 4.69) is 14.5 Å². The summed E-state index contributed by atoms with van der Waals surface area (Å²) in [6.07, 6.45) is 0.850. The fourth-order valence-corrected chi connectivity index (χ4v) is 3.98. The van der Waals surface area contributed by atoms with Gasteiger partial charge in [-0.1, -0.05) is 23.7 Å². The lowest BCUT2D eigenvalue weighted by Gasteiger charge is -2.25. The number of rotatable bonds is 3. The molecule has 0 aliphatic carbocycles. The van der Waals surface area contributed by atoms with Crippen molar-refractivity contribution >= 4 is 22.7 Å². The van der Waals surface area contributed by atoms with Gasteiger partial charge in [0.25, 0.3) is 0 Å². The first kappa shape index (κ1) is 17.4. The molecule has 0 spiro atoms. The summed E-state index contributed by atoms with van der Waals surface area (Å²) in [6, 6.07) is 12.2. The van der Waals surface area contributed by atoms with Gasteiger partial charge in [-0.3, -0.25) is 4.90 Å². The van der Waals surface area contributed by atoms with Crippen LogP contribution in [-0.4, -0.2) is 26.0 Å². The second kappa shape index (κ2) is 6.72. The average molecular weight is 397 g/mol. The van der Waals surface area contributed by atoms with Crippen molar-refractivity contribution in [2.75, 3.05) is 6.54 Å². The van der Waals surface area contributed by atoms with Gasteiger partial charge in [-0.15, -0.1) is 0 Å². The molecular formula is C21H18ClFN4O. The molecule has 0 fully saturated rings. The molecule has 5 rings (SSSR count). The molecule has 0 unspecified atom stereocenters. The van der Waals surface area contributed by atoms with Crippen LogP contribution in [0.1, 0.15) is 17.3 Å². The number of hydrogen-bond acceptors (Lipinski definition) is 4. The van der Waals surface area contributed by atoms with Gasteiger partial charge in [0.1, 0.15) is 17.2 Å². The highest BCUT2D eigenvalue weighted by Gasteiger charge is 2.25. The molecule has 1 aliphatic heterocycles. The minimum absolute atomic E-state index is 0.320. The fraction of sp³-hybridized carbons (Fsp3) is 0.238. The number of fused-ring (bicyclic) bond motifs is 2. The molecular weight excluding hydrogens is 379 g/mol. The van der Waals surface area contributed by atoms with Crippen molar-refractivity contribution in [3.8, 4) is 11.4 Å². The van der Waals surface area contributed by atoms with E-state index in [1.54, 1.807) is 6.07 Å². The largest absolute Gasteiger partial charge is 0.439 e. The SMILES string of the molecule is Cn1c(-c2ccccc2Cl)nc2c1CN(Cc1nc3ccc(F)cc3o1)CC2. The lowest BCUT2D eigenvalue weighted by atomic mass is 10.1. The second-order valence-electron chi connectivity index (χ2n) is 7.05. The Morgan fingerprint density at radius 2 is 2.04 bits per heavy atom. The topological polar surface area (TPSA) is 47.1 Å². The molecule has 0 atom stereocenters. The molecule has 0 N–H and O–H groups in total. The number of aromatic nitrogens is 3. The van der Waals surface area contributed by atoms with Crippen molar-refractivity contribution < 1.29 is 8.81 Å². The Bertz CT molecular complexity index is 1180. The first-order valence-corrected chi connectivity index (χ1v) is 9.53. The molecule has 0 saturated carbocycles. The van der Waals surface area contributed by atoms with Crippen molar-refractivity contribution in [1.82, 2.24) is 19.4 Å². The Morgan fingerprint density at radius 1 is 1.18 bits per heavy atom. The summed E-state index contributed by atoms with van der Waals surface area (Å²) in [5.74, 6) is 1.16. The normalized spacial score (nSPS) is 14.5. The van der Waals surface area contributed by atoms with E-state index < -0.39 is 0 Å². The highest BCUT2D eigenvalue weighted by molar-refractivity contribution is 6.33. The highest BCUT2D eigenvalue weighted by atomic mass is 35.5. The first-order valence-electron chi connectivity index (χ1n) is 9.15. The maximum atomic E-state index is 13.4. The Balaban J connectivity index is 1.41. The van der Waals surface area contributed by atoms with Crippen LogP contribution in [0.2, 0.25) is 5.02 Å². The second-order valence-corrected chi connectivity index (χ2v) is 7.46. The zero-order valence-electron chi connectivity index (χ0n) is 15.3. The highest BCUT2D eigenvalue weighted by Crippen LogP contribution is 2.30. The van der Waals surface area contributed by atoms with Gasteiger partial charge in [-0.05, 0) is 24.3 Å². The van der Waals surface area contributed by atoms with E-state index in [1.165, 1.54) is 17.8 Å². The maximum absolute atomic E-state index is 13.4. The minimum Gasteiger partial charge on any atom is -0.439 e. The van der Waals surface area contributed by atoms with Gasteiger partial charge >= 0.3 is 0 Å². The van der Waals surface area contributed by atoms with Crippen molar-refractivity contribution in [3.05, 3.63) is 70.6 Å². The van der Waals surface area contributed by atoms with E-state index in [0.717, 1.165) is 36.6 Å².